The monoisotopic (exact) mass is 296 g/mol. The number of halogens is 1. The van der Waals surface area contributed by atoms with Crippen molar-refractivity contribution in [2.45, 2.75) is 0 Å². The first-order valence-electron chi connectivity index (χ1n) is 6.51. The first-order chi connectivity index (χ1) is 10.3. The van der Waals surface area contributed by atoms with Gasteiger partial charge in [0.05, 0.1) is 12.8 Å². The van der Waals surface area contributed by atoms with Gasteiger partial charge in [-0.25, -0.2) is 0 Å². The van der Waals surface area contributed by atoms with Crippen molar-refractivity contribution >= 4 is 33.7 Å². The summed E-state index contributed by atoms with van der Waals surface area (Å²) in [5.74, 6) is 0.700. The van der Waals surface area contributed by atoms with Crippen molar-refractivity contribution < 1.29 is 4.74 Å². The molecule has 0 aliphatic heterocycles. The Bertz CT molecular complexity index is 797. The van der Waals surface area contributed by atoms with Gasteiger partial charge in [-0.2, -0.15) is 5.11 Å². The van der Waals surface area contributed by atoms with E-state index in [1.165, 1.54) is 0 Å². The maximum absolute atomic E-state index is 5.86. The molecular weight excluding hydrogens is 284 g/mol. The van der Waals surface area contributed by atoms with E-state index >= 15 is 0 Å². The highest BCUT2D eigenvalue weighted by atomic mass is 35.5. The lowest BCUT2D eigenvalue weighted by Gasteiger charge is -2.07. The van der Waals surface area contributed by atoms with Gasteiger partial charge >= 0.3 is 0 Å². The number of fused-ring (bicyclic) bond motifs is 1. The Hall–Kier alpha value is -2.39. The molecule has 0 radical (unpaired) electrons. The van der Waals surface area contributed by atoms with Gasteiger partial charge in [-0.05, 0) is 35.7 Å². The number of nitrogens with zero attached hydrogens (tertiary/aromatic N) is 2. The number of ether oxygens (including phenoxy) is 1. The zero-order valence-electron chi connectivity index (χ0n) is 11.5. The fourth-order valence-electron chi connectivity index (χ4n) is 2.12. The molecule has 0 saturated carbocycles. The van der Waals surface area contributed by atoms with Gasteiger partial charge in [-0.1, -0.05) is 41.9 Å². The van der Waals surface area contributed by atoms with Crippen molar-refractivity contribution in [1.29, 1.82) is 0 Å². The van der Waals surface area contributed by atoms with Crippen LogP contribution >= 0.6 is 11.6 Å². The first kappa shape index (κ1) is 13.6. The largest absolute Gasteiger partial charge is 0.494 e. The van der Waals surface area contributed by atoms with Gasteiger partial charge in [0, 0.05) is 10.4 Å². The quantitative estimate of drug-likeness (QED) is 0.552. The van der Waals surface area contributed by atoms with Gasteiger partial charge in [0.2, 0.25) is 0 Å². The van der Waals surface area contributed by atoms with Crippen LogP contribution in [0.25, 0.3) is 10.8 Å². The van der Waals surface area contributed by atoms with Crippen LogP contribution in [0.5, 0.6) is 5.75 Å². The van der Waals surface area contributed by atoms with Gasteiger partial charge in [0.1, 0.15) is 11.4 Å². The van der Waals surface area contributed by atoms with Crippen molar-refractivity contribution in [1.82, 2.24) is 0 Å². The molecule has 0 amide bonds. The Balaban J connectivity index is 2.08. The molecule has 104 valence electrons. The van der Waals surface area contributed by atoms with Crippen LogP contribution < -0.4 is 4.74 Å². The Labute approximate surface area is 127 Å². The average molecular weight is 297 g/mol. The Morgan fingerprint density at radius 3 is 2.38 bits per heavy atom. The summed E-state index contributed by atoms with van der Waals surface area (Å²) in [5, 5.41) is 11.4. The highest BCUT2D eigenvalue weighted by Gasteiger charge is 2.07. The van der Waals surface area contributed by atoms with Gasteiger partial charge < -0.3 is 4.74 Å². The summed E-state index contributed by atoms with van der Waals surface area (Å²) in [6.07, 6.45) is 0. The average Bonchev–Trinajstić information content (AvgIpc) is 2.54. The fourth-order valence-corrected chi connectivity index (χ4v) is 2.24. The van der Waals surface area contributed by atoms with Crippen LogP contribution in [0, 0.1) is 0 Å². The third-order valence-electron chi connectivity index (χ3n) is 3.18. The molecule has 0 aliphatic carbocycles. The Kier molecular flexibility index (Phi) is 3.84. The van der Waals surface area contributed by atoms with E-state index in [-0.39, 0.29) is 0 Å². The van der Waals surface area contributed by atoms with Crippen LogP contribution in [0.1, 0.15) is 0 Å². The van der Waals surface area contributed by atoms with E-state index in [1.807, 2.05) is 48.5 Å². The number of hydrogen-bond acceptors (Lipinski definition) is 3. The Morgan fingerprint density at radius 2 is 1.62 bits per heavy atom. The second kappa shape index (κ2) is 5.94. The van der Waals surface area contributed by atoms with E-state index in [0.29, 0.717) is 10.8 Å². The van der Waals surface area contributed by atoms with Crippen molar-refractivity contribution in [3.05, 3.63) is 65.7 Å². The molecule has 0 saturated heterocycles. The number of benzene rings is 3. The van der Waals surface area contributed by atoms with Crippen molar-refractivity contribution in [2.24, 2.45) is 10.2 Å². The van der Waals surface area contributed by atoms with E-state index in [4.69, 9.17) is 16.3 Å². The summed E-state index contributed by atoms with van der Waals surface area (Å²) in [6, 6.07) is 19.1. The van der Waals surface area contributed by atoms with E-state index in [2.05, 4.69) is 10.2 Å². The molecule has 3 aromatic rings. The zero-order chi connectivity index (χ0) is 14.7. The molecule has 3 rings (SSSR count). The SMILES string of the molecule is COc1ccc2ccccc2c1N=Nc1ccc(Cl)cc1. The molecule has 0 bridgehead atoms. The predicted molar refractivity (Wildman–Crippen MR) is 86.1 cm³/mol. The molecule has 0 heterocycles. The van der Waals surface area contributed by atoms with Gasteiger partial charge in [-0.3, -0.25) is 0 Å². The summed E-state index contributed by atoms with van der Waals surface area (Å²) in [5.41, 5.74) is 1.47. The van der Waals surface area contributed by atoms with Gasteiger partial charge in [0.25, 0.3) is 0 Å². The summed E-state index contributed by atoms with van der Waals surface area (Å²) in [6.45, 7) is 0. The number of rotatable bonds is 3. The smallest absolute Gasteiger partial charge is 0.147 e. The fraction of sp³-hybridized carbons (Fsp3) is 0.0588. The van der Waals surface area contributed by atoms with E-state index < -0.39 is 0 Å². The highest BCUT2D eigenvalue weighted by Crippen LogP contribution is 2.36. The molecule has 0 aromatic heterocycles. The topological polar surface area (TPSA) is 34.0 Å². The third-order valence-corrected chi connectivity index (χ3v) is 3.43. The van der Waals surface area contributed by atoms with Gasteiger partial charge in [0.15, 0.2) is 0 Å². The minimum Gasteiger partial charge on any atom is -0.494 e. The summed E-state index contributed by atoms with van der Waals surface area (Å²) < 4.78 is 5.39. The third kappa shape index (κ3) is 2.88. The molecule has 0 aliphatic rings. The number of hydrogen-bond donors (Lipinski definition) is 0. The number of methoxy groups -OCH3 is 1. The summed E-state index contributed by atoms with van der Waals surface area (Å²) >= 11 is 5.86. The second-order valence-electron chi connectivity index (χ2n) is 4.51. The zero-order valence-corrected chi connectivity index (χ0v) is 12.2. The van der Waals surface area contributed by atoms with E-state index in [1.54, 1.807) is 19.2 Å². The molecule has 4 heteroatoms. The molecule has 3 nitrogen and oxygen atoms in total. The molecule has 0 spiro atoms. The predicted octanol–water partition coefficient (Wildman–Crippen LogP) is 5.92. The van der Waals surface area contributed by atoms with E-state index in [9.17, 15) is 0 Å². The highest BCUT2D eigenvalue weighted by molar-refractivity contribution is 6.30. The molecule has 0 atom stereocenters. The molecule has 21 heavy (non-hydrogen) atoms. The molecule has 0 N–H and O–H groups in total. The molecule has 0 fully saturated rings. The maximum Gasteiger partial charge on any atom is 0.147 e. The first-order valence-corrected chi connectivity index (χ1v) is 6.89. The Morgan fingerprint density at radius 1 is 0.857 bits per heavy atom. The number of azo groups is 1. The lowest BCUT2D eigenvalue weighted by molar-refractivity contribution is 0.416. The summed E-state index contributed by atoms with van der Waals surface area (Å²) in [7, 11) is 1.63. The minimum absolute atomic E-state index is 0.677. The standard InChI is InChI=1S/C17H13ClN2O/c1-21-16-11-6-12-4-2-3-5-15(12)17(16)20-19-14-9-7-13(18)8-10-14/h2-11H,1H3. The van der Waals surface area contributed by atoms with Crippen LogP contribution in [0.4, 0.5) is 11.4 Å². The maximum atomic E-state index is 5.86. The molecule has 3 aromatic carbocycles. The molecule has 0 unspecified atom stereocenters. The minimum atomic E-state index is 0.677. The van der Waals surface area contributed by atoms with Crippen LogP contribution in [0.2, 0.25) is 5.02 Å². The van der Waals surface area contributed by atoms with Crippen molar-refractivity contribution in [3.63, 3.8) is 0 Å². The summed E-state index contributed by atoms with van der Waals surface area (Å²) in [4.78, 5) is 0. The van der Waals surface area contributed by atoms with Crippen molar-refractivity contribution in [2.75, 3.05) is 7.11 Å². The van der Waals surface area contributed by atoms with Crippen LogP contribution in [-0.2, 0) is 0 Å². The van der Waals surface area contributed by atoms with Crippen LogP contribution in [0.15, 0.2) is 70.9 Å². The molecular formula is C17H13ClN2O. The normalized spacial score (nSPS) is 11.1. The van der Waals surface area contributed by atoms with Crippen LogP contribution in [0.3, 0.4) is 0 Å². The van der Waals surface area contributed by atoms with Crippen LogP contribution in [-0.4, -0.2) is 7.11 Å². The lowest BCUT2D eigenvalue weighted by Crippen LogP contribution is -1.84. The van der Waals surface area contributed by atoms with E-state index in [0.717, 1.165) is 22.1 Å². The second-order valence-corrected chi connectivity index (χ2v) is 4.95. The van der Waals surface area contributed by atoms with Crippen molar-refractivity contribution in [3.8, 4) is 5.75 Å². The lowest BCUT2D eigenvalue weighted by atomic mass is 10.1. The van der Waals surface area contributed by atoms with Gasteiger partial charge in [-0.15, -0.1) is 5.11 Å².